The van der Waals surface area contributed by atoms with E-state index >= 15 is 0 Å². The number of nitrogens with one attached hydrogen (secondary N) is 1. The molecule has 6 heteroatoms. The molecule has 1 aromatic carbocycles. The van der Waals surface area contributed by atoms with Crippen LogP contribution in [0.15, 0.2) is 18.2 Å². The minimum absolute atomic E-state index is 0.252. The van der Waals surface area contributed by atoms with E-state index in [2.05, 4.69) is 11.4 Å². The highest BCUT2D eigenvalue weighted by Gasteiger charge is 2.41. The van der Waals surface area contributed by atoms with Crippen molar-refractivity contribution in [2.45, 2.75) is 25.7 Å². The Hall–Kier alpha value is -2.06. The lowest BCUT2D eigenvalue weighted by molar-refractivity contribution is -0.122. The van der Waals surface area contributed by atoms with E-state index in [1.165, 1.54) is 18.2 Å². The Morgan fingerprint density at radius 3 is 2.55 bits per heavy atom. The number of amides is 2. The first-order valence-electron chi connectivity index (χ1n) is 6.30. The summed E-state index contributed by atoms with van der Waals surface area (Å²) < 4.78 is 0. The summed E-state index contributed by atoms with van der Waals surface area (Å²) >= 11 is 5.99. The van der Waals surface area contributed by atoms with Crippen molar-refractivity contribution in [1.82, 2.24) is 0 Å². The third kappa shape index (κ3) is 2.61. The molecule has 0 saturated heterocycles. The Kier molecular flexibility index (Phi) is 3.96. The second kappa shape index (κ2) is 5.51. The van der Waals surface area contributed by atoms with Gasteiger partial charge in [-0.15, -0.1) is 0 Å². The van der Waals surface area contributed by atoms with Gasteiger partial charge in [0.25, 0.3) is 0 Å². The summed E-state index contributed by atoms with van der Waals surface area (Å²) in [5.41, 5.74) is 4.75. The smallest absolute Gasteiger partial charge is 0.248 e. The molecule has 0 bridgehead atoms. The second-order valence-electron chi connectivity index (χ2n) is 4.91. The quantitative estimate of drug-likeness (QED) is 0.895. The minimum atomic E-state index is -0.994. The summed E-state index contributed by atoms with van der Waals surface area (Å²) in [6.07, 6.45) is 2.80. The summed E-state index contributed by atoms with van der Waals surface area (Å²) in [5.74, 6) is -0.978. The molecule has 5 nitrogen and oxygen atoms in total. The van der Waals surface area contributed by atoms with Crippen LogP contribution in [0.4, 0.5) is 5.69 Å². The molecule has 104 valence electrons. The Balaban J connectivity index is 2.26. The molecule has 1 saturated carbocycles. The lowest BCUT2D eigenvalue weighted by Crippen LogP contribution is -2.32. The molecule has 0 heterocycles. The van der Waals surface area contributed by atoms with Gasteiger partial charge in [-0.3, -0.25) is 9.59 Å². The van der Waals surface area contributed by atoms with Crippen molar-refractivity contribution < 1.29 is 9.59 Å². The summed E-state index contributed by atoms with van der Waals surface area (Å²) in [6.45, 7) is 0. The van der Waals surface area contributed by atoms with Crippen LogP contribution >= 0.6 is 11.6 Å². The molecule has 3 N–H and O–H groups in total. The van der Waals surface area contributed by atoms with Crippen molar-refractivity contribution in [3.05, 3.63) is 28.8 Å². The molecule has 0 aliphatic heterocycles. The predicted octanol–water partition coefficient (Wildman–Crippen LogP) is 2.46. The third-order valence-corrected chi connectivity index (χ3v) is 3.93. The molecule has 0 unspecified atom stereocenters. The molecule has 0 spiro atoms. The van der Waals surface area contributed by atoms with Crippen LogP contribution in [-0.2, 0) is 4.79 Å². The predicted molar refractivity (Wildman–Crippen MR) is 75.1 cm³/mol. The van der Waals surface area contributed by atoms with Gasteiger partial charge in [-0.25, -0.2) is 0 Å². The zero-order chi connectivity index (χ0) is 14.8. The fourth-order valence-corrected chi connectivity index (χ4v) is 2.55. The summed E-state index contributed by atoms with van der Waals surface area (Å²) in [6, 6.07) is 6.50. The van der Waals surface area contributed by atoms with Gasteiger partial charge >= 0.3 is 0 Å². The summed E-state index contributed by atoms with van der Waals surface area (Å²) in [5, 5.41) is 12.2. The first-order chi connectivity index (χ1) is 9.48. The largest absolute Gasteiger partial charge is 0.366 e. The molecule has 1 aromatic rings. The first-order valence-corrected chi connectivity index (χ1v) is 6.68. The van der Waals surface area contributed by atoms with E-state index < -0.39 is 11.3 Å². The highest BCUT2D eigenvalue weighted by molar-refractivity contribution is 6.34. The molecule has 0 aromatic heterocycles. The van der Waals surface area contributed by atoms with Crippen LogP contribution in [-0.4, -0.2) is 11.8 Å². The van der Waals surface area contributed by atoms with Crippen molar-refractivity contribution in [2.24, 2.45) is 11.1 Å². The van der Waals surface area contributed by atoms with Crippen LogP contribution in [0.1, 0.15) is 36.0 Å². The van der Waals surface area contributed by atoms with Crippen molar-refractivity contribution in [3.63, 3.8) is 0 Å². The van der Waals surface area contributed by atoms with Gasteiger partial charge in [0.2, 0.25) is 11.8 Å². The van der Waals surface area contributed by atoms with Crippen LogP contribution in [0.2, 0.25) is 5.02 Å². The van der Waals surface area contributed by atoms with Gasteiger partial charge in [0.05, 0.1) is 16.8 Å². The fourth-order valence-electron chi connectivity index (χ4n) is 2.38. The van der Waals surface area contributed by atoms with Gasteiger partial charge in [0.1, 0.15) is 5.41 Å². The Morgan fingerprint density at radius 2 is 2.00 bits per heavy atom. The lowest BCUT2D eigenvalue weighted by Gasteiger charge is -2.19. The second-order valence-corrected chi connectivity index (χ2v) is 5.32. The van der Waals surface area contributed by atoms with Gasteiger partial charge in [0, 0.05) is 5.56 Å². The van der Waals surface area contributed by atoms with Crippen molar-refractivity contribution in [3.8, 4) is 6.07 Å². The number of rotatable bonds is 3. The average molecular weight is 292 g/mol. The van der Waals surface area contributed by atoms with Gasteiger partial charge < -0.3 is 11.1 Å². The van der Waals surface area contributed by atoms with E-state index in [4.69, 9.17) is 17.3 Å². The molecule has 0 atom stereocenters. The molecule has 1 aliphatic rings. The monoisotopic (exact) mass is 291 g/mol. The number of hydrogen-bond donors (Lipinski definition) is 2. The maximum absolute atomic E-state index is 12.3. The van der Waals surface area contributed by atoms with E-state index in [9.17, 15) is 14.9 Å². The number of carbonyl (C=O) groups excluding carboxylic acids is 2. The number of nitriles is 1. The highest BCUT2D eigenvalue weighted by atomic mass is 35.5. The van der Waals surface area contributed by atoms with Crippen LogP contribution in [0.5, 0.6) is 0 Å². The molecule has 1 fully saturated rings. The normalized spacial score (nSPS) is 16.4. The number of nitrogens with zero attached hydrogens (tertiary/aromatic N) is 1. The highest BCUT2D eigenvalue weighted by Crippen LogP contribution is 2.39. The van der Waals surface area contributed by atoms with E-state index in [0.29, 0.717) is 23.6 Å². The van der Waals surface area contributed by atoms with Gasteiger partial charge in [-0.2, -0.15) is 5.26 Å². The van der Waals surface area contributed by atoms with E-state index in [0.717, 1.165) is 12.8 Å². The zero-order valence-electron chi connectivity index (χ0n) is 10.8. The van der Waals surface area contributed by atoms with Crippen LogP contribution in [0, 0.1) is 16.7 Å². The molecular weight excluding hydrogens is 278 g/mol. The van der Waals surface area contributed by atoms with Crippen LogP contribution in [0.25, 0.3) is 0 Å². The number of hydrogen-bond acceptors (Lipinski definition) is 3. The Bertz CT molecular complexity index is 601. The van der Waals surface area contributed by atoms with Crippen LogP contribution in [0.3, 0.4) is 0 Å². The van der Waals surface area contributed by atoms with E-state index in [-0.39, 0.29) is 11.5 Å². The van der Waals surface area contributed by atoms with Crippen molar-refractivity contribution in [1.29, 1.82) is 5.26 Å². The number of benzene rings is 1. The number of anilines is 1. The first kappa shape index (κ1) is 14.4. The number of primary amides is 1. The molecular formula is C14H14ClN3O2. The molecule has 20 heavy (non-hydrogen) atoms. The molecule has 2 amide bonds. The molecule has 2 rings (SSSR count). The molecule has 0 radical (unpaired) electrons. The van der Waals surface area contributed by atoms with Gasteiger partial charge in [-0.05, 0) is 31.0 Å². The molecule has 1 aliphatic carbocycles. The zero-order valence-corrected chi connectivity index (χ0v) is 11.5. The van der Waals surface area contributed by atoms with Crippen molar-refractivity contribution in [2.75, 3.05) is 5.32 Å². The summed E-state index contributed by atoms with van der Waals surface area (Å²) in [4.78, 5) is 23.4. The summed E-state index contributed by atoms with van der Waals surface area (Å²) in [7, 11) is 0. The SMILES string of the molecule is N#CC1(C(=O)Nc2cc(C(N)=O)ccc2Cl)CCCC1. The number of carbonyl (C=O) groups is 2. The topological polar surface area (TPSA) is 96.0 Å². The van der Waals surface area contributed by atoms with Crippen molar-refractivity contribution >= 4 is 29.1 Å². The number of nitrogens with two attached hydrogens (primary N) is 1. The Labute approximate surface area is 121 Å². The van der Waals surface area contributed by atoms with E-state index in [1.807, 2.05) is 0 Å². The standard InChI is InChI=1S/C14H14ClN3O2/c15-10-4-3-9(12(17)19)7-11(10)18-13(20)14(8-16)5-1-2-6-14/h3-4,7H,1-2,5-6H2,(H2,17,19)(H,18,20). The van der Waals surface area contributed by atoms with Gasteiger partial charge in [-0.1, -0.05) is 24.4 Å². The Morgan fingerprint density at radius 1 is 1.35 bits per heavy atom. The minimum Gasteiger partial charge on any atom is -0.366 e. The average Bonchev–Trinajstić information content (AvgIpc) is 2.91. The van der Waals surface area contributed by atoms with E-state index in [1.54, 1.807) is 0 Å². The van der Waals surface area contributed by atoms with Crippen LogP contribution < -0.4 is 11.1 Å². The van der Waals surface area contributed by atoms with Gasteiger partial charge in [0.15, 0.2) is 0 Å². The number of halogens is 1. The lowest BCUT2D eigenvalue weighted by atomic mass is 9.87. The maximum Gasteiger partial charge on any atom is 0.248 e. The third-order valence-electron chi connectivity index (χ3n) is 3.60. The fraction of sp³-hybridized carbons (Fsp3) is 0.357. The maximum atomic E-state index is 12.3.